The van der Waals surface area contributed by atoms with Crippen LogP contribution < -0.4 is 11.1 Å². The molecule has 2 nitrogen and oxygen atoms in total. The SMILES string of the molecule is Cc1cc(C(N)=S)ccc1Nc1ccccc1Cl. The minimum atomic E-state index is 0.405. The Morgan fingerprint density at radius 3 is 2.50 bits per heavy atom. The van der Waals surface area contributed by atoms with Gasteiger partial charge in [0.15, 0.2) is 0 Å². The molecule has 0 aliphatic carbocycles. The van der Waals surface area contributed by atoms with Crippen LogP contribution in [0.3, 0.4) is 0 Å². The topological polar surface area (TPSA) is 38.0 Å². The molecule has 0 amide bonds. The van der Waals surface area contributed by atoms with Crippen molar-refractivity contribution in [1.82, 2.24) is 0 Å². The Morgan fingerprint density at radius 2 is 1.89 bits per heavy atom. The molecule has 0 heterocycles. The number of halogens is 1. The summed E-state index contributed by atoms with van der Waals surface area (Å²) in [5.41, 5.74) is 9.41. The molecule has 92 valence electrons. The summed E-state index contributed by atoms with van der Waals surface area (Å²) in [5.74, 6) is 0. The van der Waals surface area contributed by atoms with Gasteiger partial charge < -0.3 is 11.1 Å². The van der Waals surface area contributed by atoms with Crippen LogP contribution >= 0.6 is 23.8 Å². The lowest BCUT2D eigenvalue weighted by atomic mass is 10.1. The molecule has 0 aliphatic rings. The Labute approximate surface area is 117 Å². The number of thiocarbonyl (C=S) groups is 1. The van der Waals surface area contributed by atoms with E-state index in [2.05, 4.69) is 5.32 Å². The number of aryl methyl sites for hydroxylation is 1. The molecule has 0 saturated carbocycles. The van der Waals surface area contributed by atoms with Crippen LogP contribution in [0.4, 0.5) is 11.4 Å². The van der Waals surface area contributed by atoms with E-state index in [0.29, 0.717) is 10.0 Å². The van der Waals surface area contributed by atoms with Gasteiger partial charge in [-0.2, -0.15) is 0 Å². The maximum absolute atomic E-state index is 6.10. The van der Waals surface area contributed by atoms with Crippen molar-refractivity contribution in [2.45, 2.75) is 6.92 Å². The zero-order chi connectivity index (χ0) is 13.1. The minimum Gasteiger partial charge on any atom is -0.389 e. The fourth-order valence-corrected chi connectivity index (χ4v) is 1.97. The molecule has 2 rings (SSSR count). The molecule has 0 fully saturated rings. The average molecular weight is 277 g/mol. The number of benzene rings is 2. The van der Waals surface area contributed by atoms with E-state index in [-0.39, 0.29) is 0 Å². The van der Waals surface area contributed by atoms with Crippen LogP contribution in [0.2, 0.25) is 5.02 Å². The molecule has 0 aromatic heterocycles. The summed E-state index contributed by atoms with van der Waals surface area (Å²) in [5, 5.41) is 3.98. The first-order chi connectivity index (χ1) is 8.58. The molecule has 2 aromatic carbocycles. The first kappa shape index (κ1) is 12.9. The fraction of sp³-hybridized carbons (Fsp3) is 0.0714. The lowest BCUT2D eigenvalue weighted by Crippen LogP contribution is -2.09. The van der Waals surface area contributed by atoms with E-state index in [9.17, 15) is 0 Å². The van der Waals surface area contributed by atoms with E-state index in [0.717, 1.165) is 22.5 Å². The minimum absolute atomic E-state index is 0.405. The van der Waals surface area contributed by atoms with E-state index in [1.54, 1.807) is 0 Å². The highest BCUT2D eigenvalue weighted by Crippen LogP contribution is 2.27. The molecule has 0 radical (unpaired) electrons. The van der Waals surface area contributed by atoms with Crippen LogP contribution in [-0.4, -0.2) is 4.99 Å². The number of anilines is 2. The second-order valence-corrected chi connectivity index (χ2v) is 4.85. The molecular weight excluding hydrogens is 264 g/mol. The van der Waals surface area contributed by atoms with E-state index >= 15 is 0 Å². The number of para-hydroxylation sites is 1. The lowest BCUT2D eigenvalue weighted by Gasteiger charge is -2.12. The van der Waals surface area contributed by atoms with Gasteiger partial charge in [-0.05, 0) is 42.8 Å². The van der Waals surface area contributed by atoms with Gasteiger partial charge in [0, 0.05) is 11.3 Å². The van der Waals surface area contributed by atoms with Crippen molar-refractivity contribution in [2.24, 2.45) is 5.73 Å². The predicted octanol–water partition coefficient (Wildman–Crippen LogP) is 4.03. The van der Waals surface area contributed by atoms with Gasteiger partial charge in [0.2, 0.25) is 0 Å². The summed E-state index contributed by atoms with van der Waals surface area (Å²) in [6.07, 6.45) is 0. The smallest absolute Gasteiger partial charge is 0.103 e. The summed E-state index contributed by atoms with van der Waals surface area (Å²) in [6, 6.07) is 13.4. The monoisotopic (exact) mass is 276 g/mol. The average Bonchev–Trinajstić information content (AvgIpc) is 2.34. The van der Waals surface area contributed by atoms with Crippen LogP contribution in [0, 0.1) is 6.92 Å². The lowest BCUT2D eigenvalue weighted by molar-refractivity contribution is 1.42. The van der Waals surface area contributed by atoms with E-state index in [1.165, 1.54) is 0 Å². The second kappa shape index (κ2) is 5.38. The van der Waals surface area contributed by atoms with Crippen LogP contribution in [0.15, 0.2) is 42.5 Å². The molecule has 0 unspecified atom stereocenters. The maximum Gasteiger partial charge on any atom is 0.103 e. The normalized spacial score (nSPS) is 10.1. The second-order valence-electron chi connectivity index (χ2n) is 4.00. The van der Waals surface area contributed by atoms with Crippen LogP contribution in [0.1, 0.15) is 11.1 Å². The highest BCUT2D eigenvalue weighted by molar-refractivity contribution is 7.80. The third-order valence-corrected chi connectivity index (χ3v) is 3.22. The van der Waals surface area contributed by atoms with Crippen LogP contribution in [-0.2, 0) is 0 Å². The first-order valence-electron chi connectivity index (χ1n) is 5.50. The van der Waals surface area contributed by atoms with Gasteiger partial charge in [0.05, 0.1) is 10.7 Å². The maximum atomic E-state index is 6.10. The molecule has 4 heteroatoms. The van der Waals surface area contributed by atoms with Crippen molar-refractivity contribution < 1.29 is 0 Å². The van der Waals surface area contributed by atoms with Crippen LogP contribution in [0.25, 0.3) is 0 Å². The number of hydrogen-bond acceptors (Lipinski definition) is 2. The van der Waals surface area contributed by atoms with Gasteiger partial charge in [0.1, 0.15) is 4.99 Å². The number of nitrogens with one attached hydrogen (secondary N) is 1. The Bertz CT molecular complexity index is 596. The summed E-state index contributed by atoms with van der Waals surface area (Å²) in [7, 11) is 0. The molecule has 0 aliphatic heterocycles. The summed E-state index contributed by atoms with van der Waals surface area (Å²) < 4.78 is 0. The molecule has 0 saturated heterocycles. The number of rotatable bonds is 3. The highest BCUT2D eigenvalue weighted by Gasteiger charge is 2.04. The summed E-state index contributed by atoms with van der Waals surface area (Å²) in [4.78, 5) is 0.405. The highest BCUT2D eigenvalue weighted by atomic mass is 35.5. The standard InChI is InChI=1S/C14H13ClN2S/c1-9-8-10(14(16)18)6-7-12(9)17-13-5-3-2-4-11(13)15/h2-8,17H,1H3,(H2,16,18). The zero-order valence-corrected chi connectivity index (χ0v) is 11.5. The Morgan fingerprint density at radius 1 is 1.17 bits per heavy atom. The van der Waals surface area contributed by atoms with Gasteiger partial charge in [-0.1, -0.05) is 36.0 Å². The van der Waals surface area contributed by atoms with E-state index in [4.69, 9.17) is 29.6 Å². The number of hydrogen-bond donors (Lipinski definition) is 2. The van der Waals surface area contributed by atoms with Gasteiger partial charge >= 0.3 is 0 Å². The quantitative estimate of drug-likeness (QED) is 0.832. The van der Waals surface area contributed by atoms with Gasteiger partial charge in [-0.15, -0.1) is 0 Å². The summed E-state index contributed by atoms with van der Waals surface area (Å²) >= 11 is 11.1. The molecule has 18 heavy (non-hydrogen) atoms. The van der Waals surface area contributed by atoms with Crippen molar-refractivity contribution in [2.75, 3.05) is 5.32 Å². The van der Waals surface area contributed by atoms with Crippen molar-refractivity contribution in [3.63, 3.8) is 0 Å². The van der Waals surface area contributed by atoms with E-state index < -0.39 is 0 Å². The van der Waals surface area contributed by atoms with Crippen LogP contribution in [0.5, 0.6) is 0 Å². The van der Waals surface area contributed by atoms with Crippen molar-refractivity contribution in [3.05, 3.63) is 58.6 Å². The largest absolute Gasteiger partial charge is 0.389 e. The molecule has 0 bridgehead atoms. The molecule has 3 N–H and O–H groups in total. The first-order valence-corrected chi connectivity index (χ1v) is 6.28. The van der Waals surface area contributed by atoms with Gasteiger partial charge in [-0.25, -0.2) is 0 Å². The Balaban J connectivity index is 2.30. The fourth-order valence-electron chi connectivity index (χ4n) is 1.66. The Kier molecular flexibility index (Phi) is 3.84. The van der Waals surface area contributed by atoms with Crippen molar-refractivity contribution >= 4 is 40.2 Å². The third-order valence-electron chi connectivity index (χ3n) is 2.65. The molecule has 0 atom stereocenters. The molecule has 2 aromatic rings. The van der Waals surface area contributed by atoms with E-state index in [1.807, 2.05) is 49.4 Å². The van der Waals surface area contributed by atoms with Crippen molar-refractivity contribution in [1.29, 1.82) is 0 Å². The van der Waals surface area contributed by atoms with Gasteiger partial charge in [-0.3, -0.25) is 0 Å². The zero-order valence-electron chi connectivity index (χ0n) is 9.91. The predicted molar refractivity (Wildman–Crippen MR) is 81.8 cm³/mol. The van der Waals surface area contributed by atoms with Crippen molar-refractivity contribution in [3.8, 4) is 0 Å². The molecular formula is C14H13ClN2S. The van der Waals surface area contributed by atoms with Gasteiger partial charge in [0.25, 0.3) is 0 Å². The third kappa shape index (κ3) is 2.81. The summed E-state index contributed by atoms with van der Waals surface area (Å²) in [6.45, 7) is 2.00. The molecule has 0 spiro atoms. The Hall–Kier alpha value is -1.58. The number of nitrogens with two attached hydrogens (primary N) is 1.